The van der Waals surface area contributed by atoms with Crippen molar-refractivity contribution < 1.29 is 13.2 Å². The first-order valence-corrected chi connectivity index (χ1v) is 11.3. The molecule has 1 aliphatic heterocycles. The van der Waals surface area contributed by atoms with Gasteiger partial charge in [-0.05, 0) is 36.6 Å². The van der Waals surface area contributed by atoms with Gasteiger partial charge in [0, 0.05) is 39.8 Å². The van der Waals surface area contributed by atoms with Crippen molar-refractivity contribution in [3.05, 3.63) is 65.2 Å². The van der Waals surface area contributed by atoms with Crippen molar-refractivity contribution in [2.24, 2.45) is 0 Å². The molecule has 0 radical (unpaired) electrons. The number of likely N-dealkylation sites (N-methyl/N-ethyl adjacent to an activating group) is 1. The van der Waals surface area contributed by atoms with Crippen LogP contribution in [0.5, 0.6) is 0 Å². The summed E-state index contributed by atoms with van der Waals surface area (Å²) in [5.74, 6) is -0.152. The van der Waals surface area contributed by atoms with E-state index in [9.17, 15) is 13.2 Å². The molecule has 0 aliphatic carbocycles. The van der Waals surface area contributed by atoms with Gasteiger partial charge in [0.1, 0.15) is 0 Å². The van der Waals surface area contributed by atoms with Crippen LogP contribution in [0, 0.1) is 13.8 Å². The van der Waals surface area contributed by atoms with Crippen LogP contribution in [0.3, 0.4) is 0 Å². The van der Waals surface area contributed by atoms with Crippen molar-refractivity contribution in [2.45, 2.75) is 25.3 Å². The summed E-state index contributed by atoms with van der Waals surface area (Å²) in [5, 5.41) is 0. The number of carbonyl (C=O) groups excluding carboxylic acids is 1. The average molecular weight is 416 g/mol. The molecular formula is C22H29N3O3S. The third-order valence-electron chi connectivity index (χ3n) is 5.36. The number of sulfonamides is 1. The minimum Gasteiger partial charge on any atom is -0.339 e. The molecule has 1 heterocycles. The summed E-state index contributed by atoms with van der Waals surface area (Å²) in [7, 11) is -2.23. The summed E-state index contributed by atoms with van der Waals surface area (Å²) in [6.45, 7) is 7.15. The summed E-state index contributed by atoms with van der Waals surface area (Å²) >= 11 is 0. The average Bonchev–Trinajstić information content (AvgIpc) is 2.71. The Labute approximate surface area is 173 Å². The van der Waals surface area contributed by atoms with Crippen LogP contribution in [0.4, 0.5) is 0 Å². The van der Waals surface area contributed by atoms with E-state index < -0.39 is 10.0 Å². The molecule has 2 aromatic carbocycles. The molecule has 0 bridgehead atoms. The van der Waals surface area contributed by atoms with Gasteiger partial charge in [-0.2, -0.15) is 4.31 Å². The number of carbonyl (C=O) groups is 1. The lowest BCUT2D eigenvalue weighted by atomic mass is 10.2. The van der Waals surface area contributed by atoms with E-state index >= 15 is 0 Å². The van der Waals surface area contributed by atoms with Gasteiger partial charge in [0.2, 0.25) is 15.9 Å². The largest absolute Gasteiger partial charge is 0.339 e. The Hall–Kier alpha value is -2.22. The summed E-state index contributed by atoms with van der Waals surface area (Å²) < 4.78 is 27.0. The fraction of sp³-hybridized carbons (Fsp3) is 0.409. The minimum absolute atomic E-state index is 0.144. The molecular weight excluding hydrogens is 386 g/mol. The molecule has 0 unspecified atom stereocenters. The molecule has 7 heteroatoms. The van der Waals surface area contributed by atoms with E-state index in [1.54, 1.807) is 24.0 Å². The maximum absolute atomic E-state index is 12.9. The van der Waals surface area contributed by atoms with E-state index in [1.807, 2.05) is 31.2 Å². The van der Waals surface area contributed by atoms with E-state index in [2.05, 4.69) is 17.0 Å². The number of benzene rings is 2. The summed E-state index contributed by atoms with van der Waals surface area (Å²) in [5.41, 5.74) is 2.82. The first-order chi connectivity index (χ1) is 13.8. The standard InChI is InChI=1S/C22H29N3O3S/c1-18-9-10-19(2)21(15-18)29(27,28)23(3)17-22(26)25-13-11-24(12-14-25)16-20-7-5-4-6-8-20/h4-10,15H,11-14,16-17H2,1-3H3. The molecule has 6 nitrogen and oxygen atoms in total. The molecule has 2 aromatic rings. The number of amides is 1. The van der Waals surface area contributed by atoms with Crippen LogP contribution in [0.2, 0.25) is 0 Å². The highest BCUT2D eigenvalue weighted by atomic mass is 32.2. The van der Waals surface area contributed by atoms with E-state index in [4.69, 9.17) is 0 Å². The summed E-state index contributed by atoms with van der Waals surface area (Å²) in [6, 6.07) is 15.6. The number of piperazine rings is 1. The zero-order chi connectivity index (χ0) is 21.0. The van der Waals surface area contributed by atoms with Crippen molar-refractivity contribution in [1.29, 1.82) is 0 Å². The van der Waals surface area contributed by atoms with Gasteiger partial charge in [-0.3, -0.25) is 9.69 Å². The van der Waals surface area contributed by atoms with E-state index in [-0.39, 0.29) is 17.3 Å². The Kier molecular flexibility index (Phi) is 6.72. The molecule has 1 fully saturated rings. The van der Waals surface area contributed by atoms with Gasteiger partial charge < -0.3 is 4.90 Å². The lowest BCUT2D eigenvalue weighted by Crippen LogP contribution is -2.51. The van der Waals surface area contributed by atoms with Crippen LogP contribution in [0.15, 0.2) is 53.4 Å². The number of hydrogen-bond donors (Lipinski definition) is 0. The fourth-order valence-corrected chi connectivity index (χ4v) is 4.95. The Morgan fingerprint density at radius 3 is 2.31 bits per heavy atom. The molecule has 156 valence electrons. The van der Waals surface area contributed by atoms with Crippen molar-refractivity contribution in [3.63, 3.8) is 0 Å². The highest BCUT2D eigenvalue weighted by Crippen LogP contribution is 2.20. The quantitative estimate of drug-likeness (QED) is 0.726. The highest BCUT2D eigenvalue weighted by Gasteiger charge is 2.28. The molecule has 1 saturated heterocycles. The second-order valence-electron chi connectivity index (χ2n) is 7.67. The molecule has 0 atom stereocenters. The first-order valence-electron chi connectivity index (χ1n) is 9.85. The maximum Gasteiger partial charge on any atom is 0.243 e. The number of rotatable bonds is 6. The molecule has 3 rings (SSSR count). The van der Waals surface area contributed by atoms with Crippen LogP contribution >= 0.6 is 0 Å². The molecule has 0 N–H and O–H groups in total. The highest BCUT2D eigenvalue weighted by molar-refractivity contribution is 7.89. The Balaban J connectivity index is 1.57. The predicted molar refractivity (Wildman–Crippen MR) is 114 cm³/mol. The Morgan fingerprint density at radius 2 is 1.66 bits per heavy atom. The van der Waals surface area contributed by atoms with Crippen LogP contribution in [-0.4, -0.2) is 68.2 Å². The van der Waals surface area contributed by atoms with E-state index in [0.29, 0.717) is 18.7 Å². The molecule has 0 saturated carbocycles. The van der Waals surface area contributed by atoms with Gasteiger partial charge in [-0.1, -0.05) is 42.5 Å². The number of nitrogens with zero attached hydrogens (tertiary/aromatic N) is 3. The van der Waals surface area contributed by atoms with Crippen LogP contribution in [0.1, 0.15) is 16.7 Å². The van der Waals surface area contributed by atoms with Gasteiger partial charge in [0.15, 0.2) is 0 Å². The lowest BCUT2D eigenvalue weighted by molar-refractivity contribution is -0.133. The number of aryl methyl sites for hydroxylation is 2. The van der Waals surface area contributed by atoms with E-state index in [1.165, 1.54) is 12.6 Å². The Morgan fingerprint density at radius 1 is 1.00 bits per heavy atom. The Bertz CT molecular complexity index is 953. The first kappa shape index (κ1) is 21.5. The molecule has 1 aliphatic rings. The molecule has 0 aromatic heterocycles. The lowest BCUT2D eigenvalue weighted by Gasteiger charge is -2.35. The number of hydrogen-bond acceptors (Lipinski definition) is 4. The smallest absolute Gasteiger partial charge is 0.243 e. The topological polar surface area (TPSA) is 60.9 Å². The van der Waals surface area contributed by atoms with Crippen LogP contribution in [0.25, 0.3) is 0 Å². The van der Waals surface area contributed by atoms with Crippen molar-refractivity contribution in [1.82, 2.24) is 14.1 Å². The fourth-order valence-electron chi connectivity index (χ4n) is 3.53. The zero-order valence-electron chi connectivity index (χ0n) is 17.3. The second-order valence-corrected chi connectivity index (χ2v) is 9.69. The van der Waals surface area contributed by atoms with Gasteiger partial charge >= 0.3 is 0 Å². The summed E-state index contributed by atoms with van der Waals surface area (Å²) in [4.78, 5) is 17.0. The zero-order valence-corrected chi connectivity index (χ0v) is 18.2. The van der Waals surface area contributed by atoms with Crippen molar-refractivity contribution in [2.75, 3.05) is 39.8 Å². The van der Waals surface area contributed by atoms with Crippen molar-refractivity contribution >= 4 is 15.9 Å². The molecule has 1 amide bonds. The monoisotopic (exact) mass is 415 g/mol. The van der Waals surface area contributed by atoms with Gasteiger partial charge in [0.05, 0.1) is 11.4 Å². The van der Waals surface area contributed by atoms with Crippen molar-refractivity contribution in [3.8, 4) is 0 Å². The third kappa shape index (κ3) is 5.23. The maximum atomic E-state index is 12.9. The van der Waals surface area contributed by atoms with Crippen LogP contribution < -0.4 is 0 Å². The van der Waals surface area contributed by atoms with Gasteiger partial charge in [-0.25, -0.2) is 8.42 Å². The SMILES string of the molecule is Cc1ccc(C)c(S(=O)(=O)N(C)CC(=O)N2CCN(Cc3ccccc3)CC2)c1. The molecule has 0 spiro atoms. The van der Waals surface area contributed by atoms with Gasteiger partial charge in [-0.15, -0.1) is 0 Å². The second kappa shape index (κ2) is 9.07. The van der Waals surface area contributed by atoms with Crippen LogP contribution in [-0.2, 0) is 21.4 Å². The normalized spacial score (nSPS) is 15.7. The molecule has 29 heavy (non-hydrogen) atoms. The summed E-state index contributed by atoms with van der Waals surface area (Å²) in [6.07, 6.45) is 0. The van der Waals surface area contributed by atoms with Gasteiger partial charge in [0.25, 0.3) is 0 Å². The third-order valence-corrected chi connectivity index (χ3v) is 7.31. The predicted octanol–water partition coefficient (Wildman–Crippen LogP) is 2.27. The minimum atomic E-state index is -3.70. The van der Waals surface area contributed by atoms with E-state index in [0.717, 1.165) is 29.5 Å².